The summed E-state index contributed by atoms with van der Waals surface area (Å²) < 4.78 is 11.3. The highest BCUT2D eigenvalue weighted by molar-refractivity contribution is 5.86. The zero-order valence-corrected chi connectivity index (χ0v) is 19.1. The van der Waals surface area contributed by atoms with Gasteiger partial charge in [-0.1, -0.05) is 30.3 Å². The third-order valence-electron chi connectivity index (χ3n) is 5.34. The number of piperazine rings is 1. The number of hydrogen-bond acceptors (Lipinski definition) is 5. The second-order valence-corrected chi connectivity index (χ2v) is 7.59. The van der Waals surface area contributed by atoms with Crippen molar-refractivity contribution in [1.29, 1.82) is 0 Å². The van der Waals surface area contributed by atoms with E-state index in [-0.39, 0.29) is 18.6 Å². The van der Waals surface area contributed by atoms with E-state index in [1.807, 2.05) is 54.3 Å². The zero-order valence-electron chi connectivity index (χ0n) is 19.1. The molecule has 2 N–H and O–H groups in total. The maximum absolute atomic E-state index is 12.6. The molecule has 1 aliphatic heterocycles. The molecule has 0 radical (unpaired) electrons. The van der Waals surface area contributed by atoms with Gasteiger partial charge in [0.1, 0.15) is 6.10 Å². The molecule has 0 bridgehead atoms. The lowest BCUT2D eigenvalue weighted by atomic mass is 10.2. The normalized spacial score (nSPS) is 15.2. The van der Waals surface area contributed by atoms with Gasteiger partial charge in [0.25, 0.3) is 0 Å². The van der Waals surface area contributed by atoms with Gasteiger partial charge in [0, 0.05) is 38.9 Å². The molecule has 8 nitrogen and oxygen atoms in total. The number of amides is 1. The van der Waals surface area contributed by atoms with Crippen LogP contribution in [0.4, 0.5) is 5.69 Å². The minimum absolute atomic E-state index is 0.0685. The van der Waals surface area contributed by atoms with Gasteiger partial charge in [0.15, 0.2) is 17.5 Å². The Kier molecular flexibility index (Phi) is 8.60. The van der Waals surface area contributed by atoms with Crippen LogP contribution in [0.2, 0.25) is 0 Å². The fraction of sp³-hybridized carbons (Fsp3) is 0.417. The van der Waals surface area contributed by atoms with Crippen molar-refractivity contribution in [2.24, 2.45) is 4.99 Å². The number of benzene rings is 2. The Morgan fingerprint density at radius 3 is 2.31 bits per heavy atom. The summed E-state index contributed by atoms with van der Waals surface area (Å²) in [6.45, 7) is 5.79. The molecule has 32 heavy (non-hydrogen) atoms. The number of guanidine groups is 1. The quantitative estimate of drug-likeness (QED) is 0.484. The maximum Gasteiger partial charge on any atom is 0.242 e. The number of aliphatic imine (C=N–C) groups is 1. The van der Waals surface area contributed by atoms with Crippen molar-refractivity contribution in [1.82, 2.24) is 15.5 Å². The minimum atomic E-state index is -0.119. The number of carbonyl (C=O) groups excluding carboxylic acids is 1. The summed E-state index contributed by atoms with van der Waals surface area (Å²) in [4.78, 5) is 21.0. The van der Waals surface area contributed by atoms with Crippen molar-refractivity contribution in [2.45, 2.75) is 13.0 Å². The molecular weight excluding hydrogens is 406 g/mol. The van der Waals surface area contributed by atoms with E-state index in [1.54, 1.807) is 14.2 Å². The first-order chi connectivity index (χ1) is 15.6. The largest absolute Gasteiger partial charge is 0.493 e. The second kappa shape index (κ2) is 11.8. The Bertz CT molecular complexity index is 882. The van der Waals surface area contributed by atoms with Crippen LogP contribution >= 0.6 is 0 Å². The van der Waals surface area contributed by atoms with Crippen molar-refractivity contribution in [2.75, 3.05) is 58.3 Å². The average Bonchev–Trinajstić information content (AvgIpc) is 2.85. The van der Waals surface area contributed by atoms with Crippen molar-refractivity contribution in [3.63, 3.8) is 0 Å². The summed E-state index contributed by atoms with van der Waals surface area (Å²) in [6, 6.07) is 17.8. The number of nitrogens with zero attached hydrogens (tertiary/aromatic N) is 3. The Hall–Kier alpha value is -3.42. The van der Waals surface area contributed by atoms with Gasteiger partial charge >= 0.3 is 0 Å². The predicted octanol–water partition coefficient (Wildman–Crippen LogP) is 1.98. The van der Waals surface area contributed by atoms with E-state index in [0.29, 0.717) is 37.1 Å². The van der Waals surface area contributed by atoms with Crippen molar-refractivity contribution < 1.29 is 14.3 Å². The molecule has 1 unspecified atom stereocenters. The van der Waals surface area contributed by atoms with Crippen LogP contribution in [0.5, 0.6) is 11.5 Å². The van der Waals surface area contributed by atoms with E-state index in [2.05, 4.69) is 32.7 Å². The lowest BCUT2D eigenvalue weighted by Gasteiger charge is -2.36. The van der Waals surface area contributed by atoms with E-state index < -0.39 is 0 Å². The Morgan fingerprint density at radius 1 is 1.00 bits per heavy atom. The smallest absolute Gasteiger partial charge is 0.242 e. The molecule has 1 heterocycles. The van der Waals surface area contributed by atoms with Gasteiger partial charge in [-0.3, -0.25) is 9.79 Å². The molecule has 0 aliphatic carbocycles. The van der Waals surface area contributed by atoms with Gasteiger partial charge in [0.05, 0.1) is 20.2 Å². The molecule has 1 aliphatic rings. The zero-order chi connectivity index (χ0) is 22.8. The molecule has 1 fully saturated rings. The molecule has 1 saturated heterocycles. The van der Waals surface area contributed by atoms with Gasteiger partial charge in [-0.25, -0.2) is 0 Å². The fourth-order valence-corrected chi connectivity index (χ4v) is 3.56. The molecular formula is C24H33N5O3. The molecule has 0 aromatic heterocycles. The highest BCUT2D eigenvalue weighted by atomic mass is 16.5. The number of rotatable bonds is 8. The van der Waals surface area contributed by atoms with Crippen LogP contribution in [-0.4, -0.2) is 76.3 Å². The van der Waals surface area contributed by atoms with Crippen molar-refractivity contribution in [3.8, 4) is 11.5 Å². The predicted molar refractivity (Wildman–Crippen MR) is 128 cm³/mol. The monoisotopic (exact) mass is 439 g/mol. The van der Waals surface area contributed by atoms with Gasteiger partial charge in [-0.05, 0) is 31.2 Å². The van der Waals surface area contributed by atoms with Crippen LogP contribution in [-0.2, 0) is 4.79 Å². The molecule has 1 atom stereocenters. The maximum atomic E-state index is 12.6. The van der Waals surface area contributed by atoms with Gasteiger partial charge < -0.3 is 29.9 Å². The molecule has 0 saturated carbocycles. The highest BCUT2D eigenvalue weighted by Gasteiger charge is 2.21. The summed E-state index contributed by atoms with van der Waals surface area (Å²) in [7, 11) is 3.31. The topological polar surface area (TPSA) is 78.4 Å². The molecule has 1 amide bonds. The van der Waals surface area contributed by atoms with Crippen LogP contribution in [0, 0.1) is 0 Å². The van der Waals surface area contributed by atoms with E-state index in [0.717, 1.165) is 13.1 Å². The van der Waals surface area contributed by atoms with Crippen LogP contribution in [0.15, 0.2) is 59.6 Å². The minimum Gasteiger partial charge on any atom is -0.493 e. The summed E-state index contributed by atoms with van der Waals surface area (Å²) in [5, 5.41) is 6.31. The third-order valence-corrected chi connectivity index (χ3v) is 5.34. The number of methoxy groups -OCH3 is 1. The van der Waals surface area contributed by atoms with Gasteiger partial charge in [0.2, 0.25) is 5.91 Å². The summed E-state index contributed by atoms with van der Waals surface area (Å²) in [5.41, 5.74) is 1.20. The number of hydrogen-bond donors (Lipinski definition) is 2. The number of anilines is 1. The van der Waals surface area contributed by atoms with Crippen molar-refractivity contribution >= 4 is 17.6 Å². The summed E-state index contributed by atoms with van der Waals surface area (Å²) in [6.07, 6.45) is -0.119. The molecule has 8 heteroatoms. The summed E-state index contributed by atoms with van der Waals surface area (Å²) >= 11 is 0. The van der Waals surface area contributed by atoms with E-state index in [9.17, 15) is 4.79 Å². The number of para-hydroxylation sites is 3. The summed E-state index contributed by atoms with van der Waals surface area (Å²) in [5.74, 6) is 2.02. The molecule has 172 valence electrons. The molecule has 2 aromatic carbocycles. The van der Waals surface area contributed by atoms with Crippen molar-refractivity contribution in [3.05, 3.63) is 54.6 Å². The number of nitrogens with one attached hydrogen (secondary N) is 2. The SMILES string of the molecule is CN=C(NCC(=O)N1CCN(c2ccccc2)CC1)NCC(C)Oc1ccccc1OC. The Labute approximate surface area is 190 Å². The molecule has 3 rings (SSSR count). The van der Waals surface area contributed by atoms with Crippen LogP contribution < -0.4 is 25.0 Å². The van der Waals surface area contributed by atoms with E-state index >= 15 is 0 Å². The van der Waals surface area contributed by atoms with Crippen LogP contribution in [0.3, 0.4) is 0 Å². The lowest BCUT2D eigenvalue weighted by Crippen LogP contribution is -2.52. The van der Waals surface area contributed by atoms with E-state index in [4.69, 9.17) is 9.47 Å². The highest BCUT2D eigenvalue weighted by Crippen LogP contribution is 2.26. The van der Waals surface area contributed by atoms with Gasteiger partial charge in [-0.2, -0.15) is 0 Å². The second-order valence-electron chi connectivity index (χ2n) is 7.59. The third kappa shape index (κ3) is 6.54. The van der Waals surface area contributed by atoms with Crippen LogP contribution in [0.1, 0.15) is 6.92 Å². The number of ether oxygens (including phenoxy) is 2. The lowest BCUT2D eigenvalue weighted by molar-refractivity contribution is -0.130. The first kappa shape index (κ1) is 23.2. The van der Waals surface area contributed by atoms with Crippen LogP contribution in [0.25, 0.3) is 0 Å². The first-order valence-corrected chi connectivity index (χ1v) is 10.9. The Morgan fingerprint density at radius 2 is 1.66 bits per heavy atom. The number of carbonyl (C=O) groups is 1. The average molecular weight is 440 g/mol. The molecule has 0 spiro atoms. The first-order valence-electron chi connectivity index (χ1n) is 10.9. The van der Waals surface area contributed by atoms with E-state index in [1.165, 1.54) is 5.69 Å². The molecule has 2 aromatic rings. The fourth-order valence-electron chi connectivity index (χ4n) is 3.56. The Balaban J connectivity index is 1.39. The standard InChI is InChI=1S/C24H33N5O3/c1-19(32-22-12-8-7-11-21(22)31-3)17-26-24(25-2)27-18-23(30)29-15-13-28(14-16-29)20-9-5-4-6-10-20/h4-12,19H,13-18H2,1-3H3,(H2,25,26,27). The van der Waals surface area contributed by atoms with Gasteiger partial charge in [-0.15, -0.1) is 0 Å².